The summed E-state index contributed by atoms with van der Waals surface area (Å²) in [6.45, 7) is 0.415. The smallest absolute Gasteiger partial charge is 0.254 e. The van der Waals surface area contributed by atoms with E-state index in [1.54, 1.807) is 16.6 Å². The Morgan fingerprint density at radius 2 is 2.14 bits per heavy atom. The number of halogens is 1. The average Bonchev–Trinajstić information content (AvgIpc) is 3.13. The Hall–Kier alpha value is -2.50. The number of nitrogens with one attached hydrogen (secondary N) is 1. The number of benzene rings is 1. The van der Waals surface area contributed by atoms with Gasteiger partial charge in [-0.25, -0.2) is 9.37 Å². The van der Waals surface area contributed by atoms with Crippen LogP contribution in [0.25, 0.3) is 5.78 Å². The molecule has 3 aromatic rings. The summed E-state index contributed by atoms with van der Waals surface area (Å²) in [6.07, 6.45) is 4.51. The summed E-state index contributed by atoms with van der Waals surface area (Å²) >= 11 is 0. The Bertz CT molecular complexity index is 811. The zero-order valence-electron chi connectivity index (χ0n) is 11.4. The monoisotopic (exact) mass is 283 g/mol. The second-order valence-electron chi connectivity index (χ2n) is 5.16. The van der Waals surface area contributed by atoms with Crippen LogP contribution in [0, 0.1) is 5.82 Å². The minimum atomic E-state index is -0.203. The summed E-state index contributed by atoms with van der Waals surface area (Å²) in [5.41, 5.74) is 2.88. The fourth-order valence-electron chi connectivity index (χ4n) is 2.83. The van der Waals surface area contributed by atoms with Gasteiger partial charge in [-0.3, -0.25) is 0 Å². The van der Waals surface area contributed by atoms with Gasteiger partial charge in [-0.2, -0.15) is 14.6 Å². The van der Waals surface area contributed by atoms with Crippen LogP contribution in [-0.2, 0) is 19.4 Å². The molecular formula is C15H14FN5. The number of nitrogens with zero attached hydrogens (tertiary/aromatic N) is 4. The SMILES string of the molecule is Fc1ccccc1CNc1c2c(nc3ncnn13)CCC2. The maximum Gasteiger partial charge on any atom is 0.254 e. The van der Waals surface area contributed by atoms with Gasteiger partial charge in [-0.05, 0) is 25.3 Å². The zero-order chi connectivity index (χ0) is 14.2. The Kier molecular flexibility index (Phi) is 2.80. The fraction of sp³-hybridized carbons (Fsp3) is 0.267. The van der Waals surface area contributed by atoms with Gasteiger partial charge < -0.3 is 5.32 Å². The fourth-order valence-corrected chi connectivity index (χ4v) is 2.83. The zero-order valence-corrected chi connectivity index (χ0v) is 11.4. The van der Waals surface area contributed by atoms with E-state index in [0.29, 0.717) is 17.9 Å². The minimum absolute atomic E-state index is 0.203. The van der Waals surface area contributed by atoms with Crippen molar-refractivity contribution in [3.63, 3.8) is 0 Å². The standard InChI is InChI=1S/C15H14FN5/c16-12-6-2-1-4-10(12)8-17-14-11-5-3-7-13(11)20-15-18-9-19-21(14)15/h1-2,4,6,9,17H,3,5,7-8H2. The van der Waals surface area contributed by atoms with Crippen molar-refractivity contribution >= 4 is 11.6 Å². The number of anilines is 1. The van der Waals surface area contributed by atoms with Crippen molar-refractivity contribution < 1.29 is 4.39 Å². The van der Waals surface area contributed by atoms with Crippen LogP contribution in [0.1, 0.15) is 23.2 Å². The summed E-state index contributed by atoms with van der Waals surface area (Å²) < 4.78 is 15.4. The van der Waals surface area contributed by atoms with E-state index in [2.05, 4.69) is 20.4 Å². The van der Waals surface area contributed by atoms with E-state index in [0.717, 1.165) is 30.8 Å². The van der Waals surface area contributed by atoms with Crippen molar-refractivity contribution in [3.8, 4) is 0 Å². The van der Waals surface area contributed by atoms with Gasteiger partial charge in [0.1, 0.15) is 18.0 Å². The molecule has 0 unspecified atom stereocenters. The molecular weight excluding hydrogens is 269 g/mol. The first-order valence-corrected chi connectivity index (χ1v) is 7.01. The lowest BCUT2D eigenvalue weighted by Crippen LogP contribution is -2.11. The average molecular weight is 283 g/mol. The largest absolute Gasteiger partial charge is 0.365 e. The highest BCUT2D eigenvalue weighted by Gasteiger charge is 2.20. The number of hydrogen-bond donors (Lipinski definition) is 1. The molecule has 1 aliphatic rings. The van der Waals surface area contributed by atoms with Crippen LogP contribution < -0.4 is 5.32 Å². The predicted molar refractivity (Wildman–Crippen MR) is 76.5 cm³/mol. The number of hydrogen-bond acceptors (Lipinski definition) is 4. The minimum Gasteiger partial charge on any atom is -0.365 e. The highest BCUT2D eigenvalue weighted by atomic mass is 19.1. The second kappa shape index (κ2) is 4.80. The highest BCUT2D eigenvalue weighted by molar-refractivity contribution is 5.54. The number of rotatable bonds is 3. The van der Waals surface area contributed by atoms with Crippen molar-refractivity contribution in [1.29, 1.82) is 0 Å². The first kappa shape index (κ1) is 12.3. The van der Waals surface area contributed by atoms with Gasteiger partial charge in [0.25, 0.3) is 5.78 Å². The lowest BCUT2D eigenvalue weighted by molar-refractivity contribution is 0.612. The Morgan fingerprint density at radius 1 is 1.24 bits per heavy atom. The van der Waals surface area contributed by atoms with E-state index >= 15 is 0 Å². The van der Waals surface area contributed by atoms with Crippen molar-refractivity contribution in [2.24, 2.45) is 0 Å². The van der Waals surface area contributed by atoms with E-state index in [4.69, 9.17) is 0 Å². The molecule has 4 rings (SSSR count). The molecule has 0 radical (unpaired) electrons. The molecule has 0 fully saturated rings. The first-order chi connectivity index (χ1) is 10.3. The van der Waals surface area contributed by atoms with Gasteiger partial charge >= 0.3 is 0 Å². The topological polar surface area (TPSA) is 55.1 Å². The Labute approximate surface area is 120 Å². The van der Waals surface area contributed by atoms with Gasteiger partial charge in [0.2, 0.25) is 0 Å². The quantitative estimate of drug-likeness (QED) is 0.801. The van der Waals surface area contributed by atoms with Crippen LogP contribution in [0.15, 0.2) is 30.6 Å². The summed E-state index contributed by atoms with van der Waals surface area (Å²) in [6, 6.07) is 6.78. The molecule has 0 amide bonds. The maximum absolute atomic E-state index is 13.7. The molecule has 5 nitrogen and oxygen atoms in total. The molecule has 0 saturated heterocycles. The lowest BCUT2D eigenvalue weighted by Gasteiger charge is -2.12. The van der Waals surface area contributed by atoms with Gasteiger partial charge in [0.05, 0.1) is 5.69 Å². The van der Waals surface area contributed by atoms with Crippen molar-refractivity contribution in [2.45, 2.75) is 25.8 Å². The maximum atomic E-state index is 13.7. The molecule has 106 valence electrons. The Morgan fingerprint density at radius 3 is 3.05 bits per heavy atom. The number of aryl methyl sites for hydroxylation is 1. The van der Waals surface area contributed by atoms with Crippen LogP contribution in [0.2, 0.25) is 0 Å². The molecule has 1 aromatic carbocycles. The van der Waals surface area contributed by atoms with Crippen LogP contribution >= 0.6 is 0 Å². The molecule has 2 aromatic heterocycles. The molecule has 6 heteroatoms. The normalized spacial score (nSPS) is 13.6. The molecule has 0 aliphatic heterocycles. The predicted octanol–water partition coefficient (Wildman–Crippen LogP) is 2.36. The van der Waals surface area contributed by atoms with Crippen LogP contribution in [0.5, 0.6) is 0 Å². The molecule has 0 spiro atoms. The van der Waals surface area contributed by atoms with E-state index < -0.39 is 0 Å². The summed E-state index contributed by atoms with van der Waals surface area (Å²) in [7, 11) is 0. The summed E-state index contributed by atoms with van der Waals surface area (Å²) in [5.74, 6) is 1.27. The van der Waals surface area contributed by atoms with Crippen LogP contribution in [0.4, 0.5) is 10.2 Å². The number of aromatic nitrogens is 4. The van der Waals surface area contributed by atoms with E-state index in [1.807, 2.05) is 6.07 Å². The van der Waals surface area contributed by atoms with E-state index in [-0.39, 0.29) is 5.82 Å². The highest BCUT2D eigenvalue weighted by Crippen LogP contribution is 2.28. The van der Waals surface area contributed by atoms with Gasteiger partial charge in [0, 0.05) is 17.7 Å². The van der Waals surface area contributed by atoms with Crippen LogP contribution in [0.3, 0.4) is 0 Å². The Balaban J connectivity index is 1.73. The number of fused-ring (bicyclic) bond motifs is 2. The lowest BCUT2D eigenvalue weighted by atomic mass is 10.2. The molecule has 2 heterocycles. The summed E-state index contributed by atoms with van der Waals surface area (Å²) in [4.78, 5) is 8.68. The van der Waals surface area contributed by atoms with Gasteiger partial charge in [-0.1, -0.05) is 18.2 Å². The third kappa shape index (κ3) is 2.03. The van der Waals surface area contributed by atoms with Crippen LogP contribution in [-0.4, -0.2) is 19.6 Å². The van der Waals surface area contributed by atoms with Gasteiger partial charge in [0.15, 0.2) is 0 Å². The second-order valence-corrected chi connectivity index (χ2v) is 5.16. The molecule has 0 atom stereocenters. The van der Waals surface area contributed by atoms with Crippen molar-refractivity contribution in [1.82, 2.24) is 19.6 Å². The molecule has 0 bridgehead atoms. The van der Waals surface area contributed by atoms with E-state index in [9.17, 15) is 4.39 Å². The first-order valence-electron chi connectivity index (χ1n) is 7.01. The third-order valence-corrected chi connectivity index (χ3v) is 3.86. The van der Waals surface area contributed by atoms with E-state index in [1.165, 1.54) is 18.0 Å². The van der Waals surface area contributed by atoms with Crippen molar-refractivity contribution in [2.75, 3.05) is 5.32 Å². The molecule has 1 aliphatic carbocycles. The summed E-state index contributed by atoms with van der Waals surface area (Å²) in [5, 5.41) is 7.53. The van der Waals surface area contributed by atoms with Gasteiger partial charge in [-0.15, -0.1) is 0 Å². The molecule has 0 saturated carbocycles. The molecule has 21 heavy (non-hydrogen) atoms. The third-order valence-electron chi connectivity index (χ3n) is 3.86. The molecule has 1 N–H and O–H groups in total. The van der Waals surface area contributed by atoms with Crippen molar-refractivity contribution in [3.05, 3.63) is 53.2 Å².